The van der Waals surface area contributed by atoms with Crippen molar-refractivity contribution in [3.63, 3.8) is 0 Å². The lowest BCUT2D eigenvalue weighted by Crippen LogP contribution is -2.31. The third-order valence-electron chi connectivity index (χ3n) is 3.60. The van der Waals surface area contributed by atoms with Crippen LogP contribution in [-0.2, 0) is 14.3 Å². The molecule has 2 rings (SSSR count). The Morgan fingerprint density at radius 2 is 1.96 bits per heavy atom. The minimum atomic E-state index is -0.603. The van der Waals surface area contributed by atoms with Gasteiger partial charge in [-0.25, -0.2) is 4.79 Å². The molecule has 1 N–H and O–H groups in total. The minimum Gasteiger partial charge on any atom is -0.497 e. The Kier molecular flexibility index (Phi) is 7.24. The predicted molar refractivity (Wildman–Crippen MR) is 101 cm³/mol. The summed E-state index contributed by atoms with van der Waals surface area (Å²) in [6.45, 7) is 1.44. The van der Waals surface area contributed by atoms with Crippen molar-refractivity contribution in [2.45, 2.75) is 13.0 Å². The molecule has 0 aliphatic rings. The van der Waals surface area contributed by atoms with Gasteiger partial charge in [-0.1, -0.05) is 41.9 Å². The Morgan fingerprint density at radius 1 is 1.19 bits per heavy atom. The van der Waals surface area contributed by atoms with E-state index in [4.69, 9.17) is 21.1 Å². The third-order valence-corrected chi connectivity index (χ3v) is 3.94. The topological polar surface area (TPSA) is 64.6 Å². The van der Waals surface area contributed by atoms with Gasteiger partial charge in [0.2, 0.25) is 0 Å². The maximum absolute atomic E-state index is 11.9. The molecule has 5 nitrogen and oxygen atoms in total. The summed E-state index contributed by atoms with van der Waals surface area (Å²) < 4.78 is 10.1. The first kappa shape index (κ1) is 19.5. The highest BCUT2D eigenvalue weighted by Gasteiger charge is 2.13. The summed E-state index contributed by atoms with van der Waals surface area (Å²) in [4.78, 5) is 23.7. The molecule has 0 radical (unpaired) electrons. The summed E-state index contributed by atoms with van der Waals surface area (Å²) >= 11 is 6.10. The summed E-state index contributed by atoms with van der Waals surface area (Å²) in [6, 6.07) is 14.2. The first-order valence-corrected chi connectivity index (χ1v) is 8.40. The summed E-state index contributed by atoms with van der Waals surface area (Å²) in [6.07, 6.45) is 2.86. The van der Waals surface area contributed by atoms with Crippen LogP contribution in [-0.4, -0.2) is 25.6 Å². The Bertz CT molecular complexity index is 804. The van der Waals surface area contributed by atoms with Crippen LogP contribution in [0.2, 0.25) is 5.02 Å². The standard InChI is InChI=1S/C20H20ClNO4/c1-14(17-8-3-4-9-18(17)21)22-19(23)13-26-20(24)11-10-15-6-5-7-16(12-15)25-2/h3-12,14H,13H2,1-2H3,(H,22,23)/b11-10+/t14-/m1/s1. The fourth-order valence-electron chi connectivity index (χ4n) is 2.28. The second-order valence-electron chi connectivity index (χ2n) is 5.53. The van der Waals surface area contributed by atoms with Crippen molar-refractivity contribution >= 4 is 29.6 Å². The molecule has 0 aliphatic carbocycles. The van der Waals surface area contributed by atoms with E-state index in [1.54, 1.807) is 31.4 Å². The molecule has 0 unspecified atom stereocenters. The number of benzene rings is 2. The molecule has 0 spiro atoms. The molecule has 0 saturated carbocycles. The fourth-order valence-corrected chi connectivity index (χ4v) is 2.58. The maximum atomic E-state index is 11.9. The van der Waals surface area contributed by atoms with Gasteiger partial charge in [-0.2, -0.15) is 0 Å². The molecule has 0 bridgehead atoms. The van der Waals surface area contributed by atoms with Crippen molar-refractivity contribution in [1.29, 1.82) is 0 Å². The van der Waals surface area contributed by atoms with E-state index < -0.39 is 11.9 Å². The normalized spacial score (nSPS) is 11.8. The van der Waals surface area contributed by atoms with Gasteiger partial charge in [-0.15, -0.1) is 0 Å². The average molecular weight is 374 g/mol. The average Bonchev–Trinajstić information content (AvgIpc) is 2.65. The number of halogens is 1. The maximum Gasteiger partial charge on any atom is 0.331 e. The van der Waals surface area contributed by atoms with Crippen LogP contribution in [0.1, 0.15) is 24.1 Å². The van der Waals surface area contributed by atoms with Crippen LogP contribution in [0.15, 0.2) is 54.6 Å². The Hall–Kier alpha value is -2.79. The monoisotopic (exact) mass is 373 g/mol. The van der Waals surface area contributed by atoms with E-state index in [1.807, 2.05) is 37.3 Å². The number of esters is 1. The lowest BCUT2D eigenvalue weighted by Gasteiger charge is -2.15. The van der Waals surface area contributed by atoms with Crippen molar-refractivity contribution in [1.82, 2.24) is 5.32 Å². The lowest BCUT2D eigenvalue weighted by atomic mass is 10.1. The van der Waals surface area contributed by atoms with E-state index in [0.717, 1.165) is 11.1 Å². The van der Waals surface area contributed by atoms with Crippen LogP contribution < -0.4 is 10.1 Å². The quantitative estimate of drug-likeness (QED) is 0.592. The molecule has 0 saturated heterocycles. The zero-order valence-corrected chi connectivity index (χ0v) is 15.3. The number of hydrogen-bond acceptors (Lipinski definition) is 4. The van der Waals surface area contributed by atoms with E-state index >= 15 is 0 Å². The summed E-state index contributed by atoms with van der Waals surface area (Å²) in [5, 5.41) is 3.31. The smallest absolute Gasteiger partial charge is 0.331 e. The molecular formula is C20H20ClNO4. The van der Waals surface area contributed by atoms with Crippen molar-refractivity contribution < 1.29 is 19.1 Å². The highest BCUT2D eigenvalue weighted by molar-refractivity contribution is 6.31. The minimum absolute atomic E-state index is 0.290. The zero-order valence-electron chi connectivity index (χ0n) is 14.6. The van der Waals surface area contributed by atoms with E-state index in [-0.39, 0.29) is 12.6 Å². The van der Waals surface area contributed by atoms with Crippen molar-refractivity contribution in [3.8, 4) is 5.75 Å². The second-order valence-corrected chi connectivity index (χ2v) is 5.94. The fraction of sp³-hybridized carbons (Fsp3) is 0.200. The van der Waals surface area contributed by atoms with Crippen LogP contribution in [0.4, 0.5) is 0 Å². The zero-order chi connectivity index (χ0) is 18.9. The number of methoxy groups -OCH3 is 1. The highest BCUT2D eigenvalue weighted by Crippen LogP contribution is 2.21. The van der Waals surface area contributed by atoms with Crippen molar-refractivity contribution in [2.75, 3.05) is 13.7 Å². The van der Waals surface area contributed by atoms with Crippen molar-refractivity contribution in [2.24, 2.45) is 0 Å². The molecule has 0 fully saturated rings. The molecule has 2 aromatic carbocycles. The van der Waals surface area contributed by atoms with Gasteiger partial charge in [0, 0.05) is 11.1 Å². The van der Waals surface area contributed by atoms with E-state index in [2.05, 4.69) is 5.32 Å². The molecule has 2 aromatic rings. The van der Waals surface area contributed by atoms with Gasteiger partial charge in [-0.3, -0.25) is 4.79 Å². The Morgan fingerprint density at radius 3 is 2.69 bits per heavy atom. The number of ether oxygens (including phenoxy) is 2. The SMILES string of the molecule is COc1cccc(/C=C/C(=O)OCC(=O)N[C@H](C)c2ccccc2Cl)c1. The molecule has 136 valence electrons. The number of carbonyl (C=O) groups is 2. The van der Waals surface area contributed by atoms with Gasteiger partial charge in [0.05, 0.1) is 13.2 Å². The highest BCUT2D eigenvalue weighted by atomic mass is 35.5. The van der Waals surface area contributed by atoms with Gasteiger partial charge in [0.1, 0.15) is 5.75 Å². The molecular weight excluding hydrogens is 354 g/mol. The van der Waals surface area contributed by atoms with Crippen LogP contribution in [0.25, 0.3) is 6.08 Å². The largest absolute Gasteiger partial charge is 0.497 e. The van der Waals surface area contributed by atoms with Crippen LogP contribution >= 0.6 is 11.6 Å². The third kappa shape index (κ3) is 5.93. The van der Waals surface area contributed by atoms with Gasteiger partial charge >= 0.3 is 5.97 Å². The Labute approximate surface area is 157 Å². The summed E-state index contributed by atoms with van der Waals surface area (Å²) in [5.74, 6) is -0.317. The first-order valence-electron chi connectivity index (χ1n) is 8.02. The van der Waals surface area contributed by atoms with E-state index in [9.17, 15) is 9.59 Å². The van der Waals surface area contributed by atoms with Crippen LogP contribution in [0, 0.1) is 0 Å². The lowest BCUT2D eigenvalue weighted by molar-refractivity contribution is -0.144. The van der Waals surface area contributed by atoms with Gasteiger partial charge < -0.3 is 14.8 Å². The molecule has 0 aliphatic heterocycles. The van der Waals surface area contributed by atoms with Crippen LogP contribution in [0.3, 0.4) is 0 Å². The number of carbonyl (C=O) groups excluding carboxylic acids is 2. The number of rotatable bonds is 7. The van der Waals surface area contributed by atoms with Gasteiger partial charge in [-0.05, 0) is 42.3 Å². The van der Waals surface area contributed by atoms with E-state index in [0.29, 0.717) is 10.8 Å². The molecule has 0 aromatic heterocycles. The summed E-state index contributed by atoms with van der Waals surface area (Å²) in [7, 11) is 1.57. The molecule has 0 heterocycles. The van der Waals surface area contributed by atoms with Gasteiger partial charge in [0.25, 0.3) is 5.91 Å². The predicted octanol–water partition coefficient (Wildman–Crippen LogP) is 3.78. The van der Waals surface area contributed by atoms with E-state index in [1.165, 1.54) is 6.08 Å². The van der Waals surface area contributed by atoms with Gasteiger partial charge in [0.15, 0.2) is 6.61 Å². The molecule has 1 amide bonds. The molecule has 6 heteroatoms. The summed E-state index contributed by atoms with van der Waals surface area (Å²) in [5.41, 5.74) is 1.59. The first-order chi connectivity index (χ1) is 12.5. The second kappa shape index (κ2) is 9.63. The van der Waals surface area contributed by atoms with Crippen LogP contribution in [0.5, 0.6) is 5.75 Å². The molecule has 26 heavy (non-hydrogen) atoms. The number of amides is 1. The Balaban J connectivity index is 1.82. The van der Waals surface area contributed by atoms with Crippen molar-refractivity contribution in [3.05, 3.63) is 70.8 Å². The number of nitrogens with one attached hydrogen (secondary N) is 1. The number of hydrogen-bond donors (Lipinski definition) is 1. The molecule has 1 atom stereocenters.